The van der Waals surface area contributed by atoms with Crippen molar-refractivity contribution in [1.29, 1.82) is 0 Å². The summed E-state index contributed by atoms with van der Waals surface area (Å²) >= 11 is 1.37. The molecule has 0 radical (unpaired) electrons. The molecule has 4 aromatic rings. The van der Waals surface area contributed by atoms with Crippen molar-refractivity contribution in [1.82, 2.24) is 19.7 Å². The summed E-state index contributed by atoms with van der Waals surface area (Å²) in [6.45, 7) is 8.34. The van der Waals surface area contributed by atoms with Gasteiger partial charge in [-0.1, -0.05) is 67.6 Å². The van der Waals surface area contributed by atoms with E-state index in [0.29, 0.717) is 11.0 Å². The Morgan fingerprint density at radius 2 is 1.74 bits per heavy atom. The van der Waals surface area contributed by atoms with Gasteiger partial charge in [-0.2, -0.15) is 0 Å². The molecule has 1 N–H and O–H groups in total. The molecule has 2 aromatic heterocycles. The van der Waals surface area contributed by atoms with E-state index in [2.05, 4.69) is 78.5 Å². The van der Waals surface area contributed by atoms with Crippen LogP contribution in [-0.2, 0) is 17.6 Å². The number of rotatable bonds is 8. The minimum absolute atomic E-state index is 0.0600. The summed E-state index contributed by atoms with van der Waals surface area (Å²) in [7, 11) is 0. The van der Waals surface area contributed by atoms with Crippen molar-refractivity contribution in [2.75, 3.05) is 11.1 Å². The van der Waals surface area contributed by atoms with Crippen LogP contribution in [0, 0.1) is 13.8 Å². The molecule has 6 nitrogen and oxygen atoms in total. The number of thioether (sulfide) groups is 1. The van der Waals surface area contributed by atoms with Crippen LogP contribution >= 0.6 is 11.8 Å². The predicted octanol–water partition coefficient (Wildman–Crippen LogP) is 5.80. The Morgan fingerprint density at radius 1 is 0.971 bits per heavy atom. The highest BCUT2D eigenvalue weighted by molar-refractivity contribution is 7.99. The minimum atomic E-state index is -0.0600. The van der Waals surface area contributed by atoms with Crippen LogP contribution in [0.2, 0.25) is 0 Å². The Balaban J connectivity index is 1.63. The zero-order valence-electron chi connectivity index (χ0n) is 20.0. The molecule has 0 aliphatic heterocycles. The molecule has 174 valence electrons. The largest absolute Gasteiger partial charge is 0.325 e. The van der Waals surface area contributed by atoms with Gasteiger partial charge in [0.25, 0.3) is 0 Å². The van der Waals surface area contributed by atoms with E-state index in [-0.39, 0.29) is 11.7 Å². The van der Waals surface area contributed by atoms with Crippen LogP contribution in [0.15, 0.2) is 66.0 Å². The van der Waals surface area contributed by atoms with Gasteiger partial charge in [0.15, 0.2) is 11.0 Å². The van der Waals surface area contributed by atoms with Crippen molar-refractivity contribution in [2.24, 2.45) is 0 Å². The van der Waals surface area contributed by atoms with E-state index in [1.54, 1.807) is 6.20 Å². The third kappa shape index (κ3) is 5.04. The number of nitrogens with zero attached hydrogens (tertiary/aromatic N) is 4. The Bertz CT molecular complexity index is 1280. The van der Waals surface area contributed by atoms with Gasteiger partial charge in [-0.25, -0.2) is 0 Å². The fraction of sp³-hybridized carbons (Fsp3) is 0.259. The third-order valence-electron chi connectivity index (χ3n) is 5.72. The molecule has 7 heteroatoms. The molecule has 0 fully saturated rings. The van der Waals surface area contributed by atoms with Gasteiger partial charge in [0.1, 0.15) is 5.69 Å². The SMILES string of the molecule is CCc1cccc(CC)c1NC(=O)CSc1nnc(-c2ccccn2)n1-c1ccc(C)cc1C. The number of hydrogen-bond acceptors (Lipinski definition) is 5. The number of aryl methyl sites for hydroxylation is 4. The number of nitrogens with one attached hydrogen (secondary N) is 1. The lowest BCUT2D eigenvalue weighted by molar-refractivity contribution is -0.113. The van der Waals surface area contributed by atoms with E-state index in [9.17, 15) is 4.79 Å². The van der Waals surface area contributed by atoms with Crippen molar-refractivity contribution in [3.05, 3.63) is 83.0 Å². The van der Waals surface area contributed by atoms with Crippen LogP contribution in [0.5, 0.6) is 0 Å². The van der Waals surface area contributed by atoms with Crippen molar-refractivity contribution in [2.45, 2.75) is 45.7 Å². The molecule has 0 saturated carbocycles. The number of para-hydroxylation sites is 1. The highest BCUT2D eigenvalue weighted by Crippen LogP contribution is 2.29. The maximum absolute atomic E-state index is 13.0. The standard InChI is InChI=1S/C27H29N5OS/c1-5-20-10-9-11-21(6-2)25(20)29-24(33)17-34-27-31-30-26(22-12-7-8-15-28-22)32(27)23-14-13-18(3)16-19(23)4/h7-16H,5-6,17H2,1-4H3,(H,29,33). The molecule has 0 aliphatic rings. The summed E-state index contributed by atoms with van der Waals surface area (Å²) in [6.07, 6.45) is 3.48. The van der Waals surface area contributed by atoms with E-state index in [4.69, 9.17) is 0 Å². The average molecular weight is 472 g/mol. The average Bonchev–Trinajstić information content (AvgIpc) is 3.27. The molecule has 0 saturated heterocycles. The molecule has 2 heterocycles. The fourth-order valence-corrected chi connectivity index (χ4v) is 4.75. The van der Waals surface area contributed by atoms with Gasteiger partial charge >= 0.3 is 0 Å². The van der Waals surface area contributed by atoms with Gasteiger partial charge in [-0.15, -0.1) is 10.2 Å². The van der Waals surface area contributed by atoms with Crippen LogP contribution in [0.4, 0.5) is 5.69 Å². The summed E-state index contributed by atoms with van der Waals surface area (Å²) in [5.74, 6) is 0.821. The highest BCUT2D eigenvalue weighted by atomic mass is 32.2. The van der Waals surface area contributed by atoms with E-state index < -0.39 is 0 Å². The first kappa shape index (κ1) is 23.7. The monoisotopic (exact) mass is 471 g/mol. The van der Waals surface area contributed by atoms with Crippen LogP contribution in [-0.4, -0.2) is 31.4 Å². The Morgan fingerprint density at radius 3 is 2.38 bits per heavy atom. The minimum Gasteiger partial charge on any atom is -0.325 e. The molecule has 34 heavy (non-hydrogen) atoms. The van der Waals surface area contributed by atoms with Gasteiger partial charge in [0, 0.05) is 11.9 Å². The predicted molar refractivity (Wildman–Crippen MR) is 139 cm³/mol. The van der Waals surface area contributed by atoms with E-state index in [1.165, 1.54) is 17.3 Å². The zero-order valence-corrected chi connectivity index (χ0v) is 20.8. The number of pyridine rings is 1. The van der Waals surface area contributed by atoms with E-state index in [0.717, 1.165) is 46.6 Å². The van der Waals surface area contributed by atoms with Crippen LogP contribution in [0.3, 0.4) is 0 Å². The van der Waals surface area contributed by atoms with Gasteiger partial charge in [-0.05, 0) is 61.6 Å². The van der Waals surface area contributed by atoms with Crippen molar-refractivity contribution >= 4 is 23.4 Å². The second kappa shape index (κ2) is 10.7. The van der Waals surface area contributed by atoms with E-state index >= 15 is 0 Å². The summed E-state index contributed by atoms with van der Waals surface area (Å²) < 4.78 is 1.99. The first-order valence-electron chi connectivity index (χ1n) is 11.5. The molecule has 0 unspecified atom stereocenters. The molecule has 2 aromatic carbocycles. The van der Waals surface area contributed by atoms with Crippen molar-refractivity contribution in [3.8, 4) is 17.2 Å². The Labute approximate surface area is 204 Å². The molecule has 4 rings (SSSR count). The second-order valence-electron chi connectivity index (χ2n) is 8.14. The number of benzene rings is 2. The first-order chi connectivity index (χ1) is 16.5. The summed E-state index contributed by atoms with van der Waals surface area (Å²) in [5.41, 5.74) is 7.22. The normalized spacial score (nSPS) is 10.9. The Kier molecular flexibility index (Phi) is 7.43. The second-order valence-corrected chi connectivity index (χ2v) is 9.08. The molecule has 1 amide bonds. The summed E-state index contributed by atoms with van der Waals surface area (Å²) in [4.78, 5) is 17.4. The van der Waals surface area contributed by atoms with Crippen LogP contribution in [0.25, 0.3) is 17.2 Å². The number of carbonyl (C=O) groups is 1. The molecular weight excluding hydrogens is 442 g/mol. The molecule has 0 atom stereocenters. The van der Waals surface area contributed by atoms with Gasteiger partial charge < -0.3 is 5.32 Å². The van der Waals surface area contributed by atoms with Crippen molar-refractivity contribution < 1.29 is 4.79 Å². The molecular formula is C27H29N5OS. The van der Waals surface area contributed by atoms with Gasteiger partial charge in [0.05, 0.1) is 11.4 Å². The number of anilines is 1. The molecule has 0 bridgehead atoms. The lowest BCUT2D eigenvalue weighted by Crippen LogP contribution is -2.17. The summed E-state index contributed by atoms with van der Waals surface area (Å²) in [6, 6.07) is 18.2. The number of hydrogen-bond donors (Lipinski definition) is 1. The topological polar surface area (TPSA) is 72.7 Å². The maximum Gasteiger partial charge on any atom is 0.234 e. The molecule has 0 spiro atoms. The number of carbonyl (C=O) groups excluding carboxylic acids is 1. The summed E-state index contributed by atoms with van der Waals surface area (Å²) in [5, 5.41) is 12.7. The number of amides is 1. The lowest BCUT2D eigenvalue weighted by atomic mass is 10.0. The lowest BCUT2D eigenvalue weighted by Gasteiger charge is -2.15. The third-order valence-corrected chi connectivity index (χ3v) is 6.65. The van der Waals surface area contributed by atoms with E-state index in [1.807, 2.05) is 28.8 Å². The smallest absolute Gasteiger partial charge is 0.234 e. The Hall–Kier alpha value is -3.45. The number of aromatic nitrogens is 4. The highest BCUT2D eigenvalue weighted by Gasteiger charge is 2.20. The van der Waals surface area contributed by atoms with Gasteiger partial charge in [-0.3, -0.25) is 14.3 Å². The quantitative estimate of drug-likeness (QED) is 0.329. The van der Waals surface area contributed by atoms with Crippen molar-refractivity contribution in [3.63, 3.8) is 0 Å². The molecule has 0 aliphatic carbocycles. The zero-order chi connectivity index (χ0) is 24.1. The van der Waals surface area contributed by atoms with Gasteiger partial charge in [0.2, 0.25) is 5.91 Å². The van der Waals surface area contributed by atoms with Crippen LogP contribution in [0.1, 0.15) is 36.1 Å². The first-order valence-corrected chi connectivity index (χ1v) is 12.5. The van der Waals surface area contributed by atoms with Crippen LogP contribution < -0.4 is 5.32 Å². The fourth-order valence-electron chi connectivity index (χ4n) is 4.01. The maximum atomic E-state index is 13.0.